The van der Waals surface area contributed by atoms with Gasteiger partial charge in [0.05, 0.1) is 33.6 Å². The number of nitrogens with zero attached hydrogens (tertiary/aromatic N) is 3. The Morgan fingerprint density at radius 3 is 0.806 bits per heavy atom. The van der Waals surface area contributed by atoms with Crippen molar-refractivity contribution in [2.24, 2.45) is 0 Å². The third kappa shape index (κ3) is 15.6. The SMILES string of the molecule is CCCCCCc1ccc(-c2ccc3ccccc3n2)cc1.CCCCCCc1ccc(-c2ccc3ccccc3n2)cc1.CCCCCCc1ccc(-c2ccc3ccccc3n2)cc1.[Ir+3]. The van der Waals surface area contributed by atoms with Gasteiger partial charge in [-0.15, -0.1) is 0 Å². The summed E-state index contributed by atoms with van der Waals surface area (Å²) in [6, 6.07) is 64.3. The van der Waals surface area contributed by atoms with E-state index in [0.29, 0.717) is 0 Å². The van der Waals surface area contributed by atoms with E-state index in [0.717, 1.165) is 33.6 Å². The van der Waals surface area contributed by atoms with Crippen molar-refractivity contribution in [2.45, 2.75) is 117 Å². The number of para-hydroxylation sites is 3. The minimum absolute atomic E-state index is 0. The van der Waals surface area contributed by atoms with Crippen LogP contribution in [0, 0.1) is 0 Å². The molecule has 0 radical (unpaired) electrons. The van der Waals surface area contributed by atoms with Crippen LogP contribution in [0.5, 0.6) is 0 Å². The van der Waals surface area contributed by atoms with Gasteiger partial charge in [0.15, 0.2) is 0 Å². The Hall–Kier alpha value is -5.80. The largest absolute Gasteiger partial charge is 3.00 e. The summed E-state index contributed by atoms with van der Waals surface area (Å²) < 4.78 is 0. The summed E-state index contributed by atoms with van der Waals surface area (Å²) in [5.41, 5.74) is 14.2. The first-order valence-corrected chi connectivity index (χ1v) is 25.0. The van der Waals surface area contributed by atoms with Crippen LogP contribution in [-0.2, 0) is 39.4 Å². The molecule has 0 unspecified atom stereocenters. The first-order valence-electron chi connectivity index (χ1n) is 25.0. The molecule has 0 spiro atoms. The topological polar surface area (TPSA) is 38.7 Å². The van der Waals surface area contributed by atoms with Crippen molar-refractivity contribution in [3.05, 3.63) is 199 Å². The molecule has 0 saturated carbocycles. The second-order valence-electron chi connectivity index (χ2n) is 17.7. The van der Waals surface area contributed by atoms with Gasteiger partial charge in [0.1, 0.15) is 0 Å². The van der Waals surface area contributed by atoms with Crippen molar-refractivity contribution < 1.29 is 20.1 Å². The van der Waals surface area contributed by atoms with E-state index >= 15 is 0 Å². The second-order valence-corrected chi connectivity index (χ2v) is 17.7. The molecular formula is C63H69IrN3+3. The number of rotatable bonds is 18. The number of aryl methyl sites for hydroxylation is 3. The van der Waals surface area contributed by atoms with E-state index in [1.54, 1.807) is 0 Å². The molecule has 0 fully saturated rings. The van der Waals surface area contributed by atoms with Crippen molar-refractivity contribution >= 4 is 32.7 Å². The third-order valence-corrected chi connectivity index (χ3v) is 12.5. The first kappa shape index (κ1) is 50.6. The molecule has 3 aromatic heterocycles. The number of pyridine rings is 3. The molecule has 4 heteroatoms. The Balaban J connectivity index is 0.000000165. The Morgan fingerprint density at radius 2 is 0.537 bits per heavy atom. The van der Waals surface area contributed by atoms with Gasteiger partial charge in [0.25, 0.3) is 0 Å². The van der Waals surface area contributed by atoms with Crippen molar-refractivity contribution in [1.29, 1.82) is 0 Å². The number of hydrogen-bond acceptors (Lipinski definition) is 3. The van der Waals surface area contributed by atoms with Crippen LogP contribution in [0.3, 0.4) is 0 Å². The van der Waals surface area contributed by atoms with Gasteiger partial charge in [0, 0.05) is 32.8 Å². The summed E-state index contributed by atoms with van der Waals surface area (Å²) in [4.78, 5) is 14.3. The van der Waals surface area contributed by atoms with E-state index in [2.05, 4.69) is 185 Å². The van der Waals surface area contributed by atoms with Crippen LogP contribution in [0.25, 0.3) is 66.5 Å². The Morgan fingerprint density at radius 1 is 0.269 bits per heavy atom. The first-order chi connectivity index (χ1) is 32.6. The average Bonchev–Trinajstić information content (AvgIpc) is 3.38. The van der Waals surface area contributed by atoms with Crippen LogP contribution >= 0.6 is 0 Å². The quantitative estimate of drug-likeness (QED) is 0.0804. The van der Waals surface area contributed by atoms with E-state index in [1.807, 2.05) is 18.2 Å². The predicted octanol–water partition coefficient (Wildman–Crippen LogP) is 18.1. The van der Waals surface area contributed by atoms with Crippen LogP contribution < -0.4 is 0 Å². The van der Waals surface area contributed by atoms with Gasteiger partial charge in [-0.05, 0) is 91.6 Å². The zero-order chi connectivity index (χ0) is 45.6. The van der Waals surface area contributed by atoms with Crippen molar-refractivity contribution in [2.75, 3.05) is 0 Å². The molecule has 0 aliphatic heterocycles. The van der Waals surface area contributed by atoms with E-state index < -0.39 is 0 Å². The summed E-state index contributed by atoms with van der Waals surface area (Å²) in [5.74, 6) is 0. The van der Waals surface area contributed by atoms with E-state index in [9.17, 15) is 0 Å². The normalized spacial score (nSPS) is 10.8. The molecule has 3 nitrogen and oxygen atoms in total. The average molecular weight is 1060 g/mol. The fourth-order valence-electron chi connectivity index (χ4n) is 8.47. The van der Waals surface area contributed by atoms with Gasteiger partial charge < -0.3 is 0 Å². The zero-order valence-electron chi connectivity index (χ0n) is 40.1. The molecule has 3 heterocycles. The van der Waals surface area contributed by atoms with Gasteiger partial charge in [-0.3, -0.25) is 0 Å². The molecule has 0 bridgehead atoms. The van der Waals surface area contributed by atoms with Crippen LogP contribution in [0.2, 0.25) is 0 Å². The summed E-state index contributed by atoms with van der Waals surface area (Å²) in [7, 11) is 0. The molecule has 0 N–H and O–H groups in total. The number of fused-ring (bicyclic) bond motifs is 3. The standard InChI is InChI=1S/3C21H23N.Ir/c3*1-2-3-4-5-8-17-11-13-19(14-12-17)21-16-15-18-9-6-7-10-20(18)22-21;/h3*6-7,9-16H,2-5,8H2,1H3;/q;;;+3. The molecule has 0 aliphatic rings. The number of hydrogen-bond donors (Lipinski definition) is 0. The van der Waals surface area contributed by atoms with Crippen molar-refractivity contribution in [1.82, 2.24) is 15.0 Å². The smallest absolute Gasteiger partial charge is 0.248 e. The number of unbranched alkanes of at least 4 members (excludes halogenated alkanes) is 9. The number of benzene rings is 6. The molecule has 0 atom stereocenters. The van der Waals surface area contributed by atoms with Crippen LogP contribution in [0.15, 0.2) is 182 Å². The molecule has 9 aromatic rings. The summed E-state index contributed by atoms with van der Waals surface area (Å²) in [6.07, 6.45) is 19.4. The Kier molecular flexibility index (Phi) is 21.0. The maximum atomic E-state index is 4.76. The fraction of sp³-hybridized carbons (Fsp3) is 0.286. The Bertz CT molecular complexity index is 2500. The van der Waals surface area contributed by atoms with Crippen molar-refractivity contribution in [3.8, 4) is 33.8 Å². The van der Waals surface area contributed by atoms with Crippen LogP contribution in [-0.4, -0.2) is 15.0 Å². The van der Waals surface area contributed by atoms with E-state index in [4.69, 9.17) is 15.0 Å². The molecule has 9 rings (SSSR count). The van der Waals surface area contributed by atoms with Gasteiger partial charge in [-0.2, -0.15) is 0 Å². The van der Waals surface area contributed by atoms with Crippen molar-refractivity contribution in [3.63, 3.8) is 0 Å². The van der Waals surface area contributed by atoms with Gasteiger partial charge in [0.2, 0.25) is 0 Å². The Labute approximate surface area is 414 Å². The minimum Gasteiger partial charge on any atom is -0.248 e. The van der Waals surface area contributed by atoms with Crippen LogP contribution in [0.1, 0.15) is 115 Å². The van der Waals surface area contributed by atoms with Gasteiger partial charge in [-0.1, -0.05) is 224 Å². The molecule has 0 saturated heterocycles. The third-order valence-electron chi connectivity index (χ3n) is 12.5. The number of aromatic nitrogens is 3. The summed E-state index contributed by atoms with van der Waals surface area (Å²) >= 11 is 0. The minimum atomic E-state index is 0. The molecular weight excluding hydrogens is 991 g/mol. The van der Waals surface area contributed by atoms with Gasteiger partial charge >= 0.3 is 20.1 Å². The van der Waals surface area contributed by atoms with Crippen LogP contribution in [0.4, 0.5) is 0 Å². The molecule has 342 valence electrons. The maximum Gasteiger partial charge on any atom is 3.00 e. The zero-order valence-corrected chi connectivity index (χ0v) is 42.5. The summed E-state index contributed by atoms with van der Waals surface area (Å²) in [5, 5.41) is 3.58. The van der Waals surface area contributed by atoms with E-state index in [-0.39, 0.29) is 20.1 Å². The second kappa shape index (κ2) is 27.7. The molecule has 0 aliphatic carbocycles. The van der Waals surface area contributed by atoms with E-state index in [1.165, 1.54) is 146 Å². The fourth-order valence-corrected chi connectivity index (χ4v) is 8.47. The molecule has 0 amide bonds. The summed E-state index contributed by atoms with van der Waals surface area (Å²) in [6.45, 7) is 6.77. The molecule has 6 aromatic carbocycles. The molecule has 67 heavy (non-hydrogen) atoms. The van der Waals surface area contributed by atoms with Gasteiger partial charge in [-0.25, -0.2) is 15.0 Å². The maximum absolute atomic E-state index is 4.76. The monoisotopic (exact) mass is 1060 g/mol. The predicted molar refractivity (Wildman–Crippen MR) is 285 cm³/mol.